The molecule has 1 nitrogen and oxygen atoms in total. The summed E-state index contributed by atoms with van der Waals surface area (Å²) in [6.07, 6.45) is 4.90. The van der Waals surface area contributed by atoms with Gasteiger partial charge in [0.15, 0.2) is 0 Å². The Labute approximate surface area is 96.3 Å². The summed E-state index contributed by atoms with van der Waals surface area (Å²) in [5, 5.41) is 3.68. The monoisotopic (exact) mass is 211 g/mol. The molecule has 15 heavy (non-hydrogen) atoms. The third kappa shape index (κ3) is 5.86. The van der Waals surface area contributed by atoms with Crippen LogP contribution in [-0.4, -0.2) is 6.04 Å². The molecule has 0 heterocycles. The molecular weight excluding hydrogens is 182 g/mol. The number of hydrogen-bond donors (Lipinski definition) is 1. The van der Waals surface area contributed by atoms with E-state index in [4.69, 9.17) is 0 Å². The SMILES string of the molecule is CCC/C(C)=C(\CCC)NC(C)C(C)C. The molecule has 1 unspecified atom stereocenters. The maximum Gasteiger partial charge on any atom is 0.0252 e. The van der Waals surface area contributed by atoms with Crippen molar-refractivity contribution in [1.29, 1.82) is 0 Å². The first-order valence-corrected chi connectivity index (χ1v) is 6.48. The van der Waals surface area contributed by atoms with Crippen molar-refractivity contribution in [2.75, 3.05) is 0 Å². The van der Waals surface area contributed by atoms with E-state index in [-0.39, 0.29) is 0 Å². The van der Waals surface area contributed by atoms with Crippen molar-refractivity contribution in [3.63, 3.8) is 0 Å². The van der Waals surface area contributed by atoms with Crippen LogP contribution in [0.2, 0.25) is 0 Å². The maximum atomic E-state index is 3.68. The van der Waals surface area contributed by atoms with Crippen LogP contribution < -0.4 is 5.32 Å². The van der Waals surface area contributed by atoms with Crippen molar-refractivity contribution >= 4 is 0 Å². The van der Waals surface area contributed by atoms with Gasteiger partial charge in [0.2, 0.25) is 0 Å². The van der Waals surface area contributed by atoms with Crippen molar-refractivity contribution in [2.24, 2.45) is 5.92 Å². The quantitative estimate of drug-likeness (QED) is 0.654. The minimum atomic E-state index is 0.582. The van der Waals surface area contributed by atoms with Gasteiger partial charge in [-0.1, -0.05) is 46.1 Å². The first-order valence-electron chi connectivity index (χ1n) is 6.48. The van der Waals surface area contributed by atoms with Gasteiger partial charge in [-0.15, -0.1) is 0 Å². The standard InChI is InChI=1S/C14H29N/c1-7-9-12(5)14(10-8-2)15-13(6)11(3)4/h11,13,15H,7-10H2,1-6H3/b14-12+. The Balaban J connectivity index is 4.45. The van der Waals surface area contributed by atoms with E-state index < -0.39 is 0 Å². The molecule has 0 radical (unpaired) electrons. The molecule has 0 aromatic heterocycles. The zero-order valence-electron chi connectivity index (χ0n) is 11.5. The molecule has 1 atom stereocenters. The Morgan fingerprint density at radius 3 is 1.93 bits per heavy atom. The van der Waals surface area contributed by atoms with Crippen LogP contribution in [0.15, 0.2) is 11.3 Å². The van der Waals surface area contributed by atoms with Crippen LogP contribution in [0, 0.1) is 5.92 Å². The maximum absolute atomic E-state index is 3.68. The van der Waals surface area contributed by atoms with Gasteiger partial charge < -0.3 is 5.32 Å². The van der Waals surface area contributed by atoms with Gasteiger partial charge in [-0.2, -0.15) is 0 Å². The van der Waals surface area contributed by atoms with Crippen LogP contribution in [0.3, 0.4) is 0 Å². The molecule has 0 rings (SSSR count). The Morgan fingerprint density at radius 2 is 1.53 bits per heavy atom. The molecule has 1 N–H and O–H groups in total. The van der Waals surface area contributed by atoms with Crippen molar-refractivity contribution in [1.82, 2.24) is 5.32 Å². The number of allylic oxidation sites excluding steroid dienone is 2. The van der Waals surface area contributed by atoms with Gasteiger partial charge in [0, 0.05) is 11.7 Å². The number of nitrogens with one attached hydrogen (secondary N) is 1. The summed E-state index contributed by atoms with van der Waals surface area (Å²) in [6, 6.07) is 0.582. The van der Waals surface area contributed by atoms with E-state index >= 15 is 0 Å². The summed E-state index contributed by atoms with van der Waals surface area (Å²) in [5.41, 5.74) is 3.03. The Kier molecular flexibility index (Phi) is 7.54. The lowest BCUT2D eigenvalue weighted by Crippen LogP contribution is -2.30. The second-order valence-electron chi connectivity index (χ2n) is 4.94. The third-order valence-electron chi connectivity index (χ3n) is 3.04. The highest BCUT2D eigenvalue weighted by Crippen LogP contribution is 2.15. The lowest BCUT2D eigenvalue weighted by molar-refractivity contribution is 0.451. The van der Waals surface area contributed by atoms with Gasteiger partial charge in [-0.3, -0.25) is 0 Å². The Hall–Kier alpha value is -0.460. The van der Waals surface area contributed by atoms with E-state index in [0.717, 1.165) is 0 Å². The van der Waals surface area contributed by atoms with Gasteiger partial charge in [-0.25, -0.2) is 0 Å². The van der Waals surface area contributed by atoms with Crippen LogP contribution in [0.5, 0.6) is 0 Å². The molecule has 0 aliphatic rings. The van der Waals surface area contributed by atoms with E-state index in [0.29, 0.717) is 12.0 Å². The van der Waals surface area contributed by atoms with Crippen LogP contribution in [0.4, 0.5) is 0 Å². The van der Waals surface area contributed by atoms with Crippen molar-refractivity contribution in [3.8, 4) is 0 Å². The lowest BCUT2D eigenvalue weighted by atomic mass is 10.0. The third-order valence-corrected chi connectivity index (χ3v) is 3.04. The van der Waals surface area contributed by atoms with Gasteiger partial charge in [0.1, 0.15) is 0 Å². The average Bonchev–Trinajstić information content (AvgIpc) is 2.17. The van der Waals surface area contributed by atoms with Gasteiger partial charge in [0.05, 0.1) is 0 Å². The second kappa shape index (κ2) is 7.78. The van der Waals surface area contributed by atoms with Crippen molar-refractivity contribution < 1.29 is 0 Å². The molecular formula is C14H29N. The smallest absolute Gasteiger partial charge is 0.0252 e. The summed E-state index contributed by atoms with van der Waals surface area (Å²) >= 11 is 0. The minimum Gasteiger partial charge on any atom is -0.386 e. The molecule has 0 aromatic carbocycles. The van der Waals surface area contributed by atoms with E-state index in [1.54, 1.807) is 5.57 Å². The fraction of sp³-hybridized carbons (Fsp3) is 0.857. The summed E-state index contributed by atoms with van der Waals surface area (Å²) < 4.78 is 0. The van der Waals surface area contributed by atoms with E-state index in [2.05, 4.69) is 46.9 Å². The molecule has 90 valence electrons. The fourth-order valence-corrected chi connectivity index (χ4v) is 1.63. The Bertz CT molecular complexity index is 192. The highest BCUT2D eigenvalue weighted by molar-refractivity contribution is 5.11. The van der Waals surface area contributed by atoms with Crippen LogP contribution >= 0.6 is 0 Å². The van der Waals surface area contributed by atoms with E-state index in [1.165, 1.54) is 31.4 Å². The highest BCUT2D eigenvalue weighted by atomic mass is 14.9. The summed E-state index contributed by atoms with van der Waals surface area (Å²) in [5.74, 6) is 0.700. The molecule has 0 bridgehead atoms. The highest BCUT2D eigenvalue weighted by Gasteiger charge is 2.09. The van der Waals surface area contributed by atoms with Crippen LogP contribution in [-0.2, 0) is 0 Å². The fourth-order valence-electron chi connectivity index (χ4n) is 1.63. The van der Waals surface area contributed by atoms with E-state index in [1.807, 2.05) is 0 Å². The van der Waals surface area contributed by atoms with Gasteiger partial charge in [-0.05, 0) is 32.6 Å². The summed E-state index contributed by atoms with van der Waals surface area (Å²) in [4.78, 5) is 0. The molecule has 0 saturated carbocycles. The van der Waals surface area contributed by atoms with Gasteiger partial charge >= 0.3 is 0 Å². The molecule has 0 aromatic rings. The summed E-state index contributed by atoms with van der Waals surface area (Å²) in [7, 11) is 0. The van der Waals surface area contributed by atoms with Gasteiger partial charge in [0.25, 0.3) is 0 Å². The second-order valence-corrected chi connectivity index (χ2v) is 4.94. The molecule has 0 spiro atoms. The zero-order chi connectivity index (χ0) is 11.8. The predicted octanol–water partition coefficient (Wildman–Crippen LogP) is 4.49. The van der Waals surface area contributed by atoms with Crippen molar-refractivity contribution in [3.05, 3.63) is 11.3 Å². The predicted molar refractivity (Wildman–Crippen MR) is 70.0 cm³/mol. The molecule has 0 aliphatic heterocycles. The number of hydrogen-bond acceptors (Lipinski definition) is 1. The van der Waals surface area contributed by atoms with Crippen LogP contribution in [0.25, 0.3) is 0 Å². The molecule has 0 amide bonds. The average molecular weight is 211 g/mol. The topological polar surface area (TPSA) is 12.0 Å². The van der Waals surface area contributed by atoms with Crippen LogP contribution in [0.1, 0.15) is 67.2 Å². The molecule has 0 aliphatic carbocycles. The number of rotatable bonds is 7. The zero-order valence-corrected chi connectivity index (χ0v) is 11.5. The van der Waals surface area contributed by atoms with Crippen molar-refractivity contribution in [2.45, 2.75) is 73.3 Å². The first-order chi connectivity index (χ1) is 7.02. The first kappa shape index (κ1) is 14.5. The lowest BCUT2D eigenvalue weighted by Gasteiger charge is -2.23. The largest absolute Gasteiger partial charge is 0.386 e. The molecule has 0 fully saturated rings. The van der Waals surface area contributed by atoms with E-state index in [9.17, 15) is 0 Å². The minimum absolute atomic E-state index is 0.582. The Morgan fingerprint density at radius 1 is 1.00 bits per heavy atom. The molecule has 1 heteroatoms. The summed E-state index contributed by atoms with van der Waals surface area (Å²) in [6.45, 7) is 13.6. The molecule has 0 saturated heterocycles. The normalized spacial score (nSPS) is 15.1.